The van der Waals surface area contributed by atoms with Crippen molar-refractivity contribution in [3.05, 3.63) is 72.6 Å². The van der Waals surface area contributed by atoms with Gasteiger partial charge in [0, 0.05) is 23.2 Å². The molecule has 2 heterocycles. The van der Waals surface area contributed by atoms with Crippen LogP contribution >= 0.6 is 0 Å². The second-order valence-electron chi connectivity index (χ2n) is 8.04. The standard InChI is InChI=1S/C25H28N4O3/c1-3-15-31-22-6-4-5-21(16-22)26-25(30)20-11-13-29(14-12-20)17-23-27-24(28-32-23)19-9-7-18(2)8-10-19/h3-10,16,20H,1,11-15,17H2,2H3,(H,26,30). The first-order valence-electron chi connectivity index (χ1n) is 10.9. The van der Waals surface area contributed by atoms with E-state index in [0.717, 1.165) is 37.2 Å². The molecule has 0 aliphatic carbocycles. The zero-order chi connectivity index (χ0) is 22.3. The van der Waals surface area contributed by atoms with Crippen molar-refractivity contribution in [1.82, 2.24) is 15.0 Å². The lowest BCUT2D eigenvalue weighted by Crippen LogP contribution is -2.37. The quantitative estimate of drug-likeness (QED) is 0.530. The number of aryl methyl sites for hydroxylation is 1. The van der Waals surface area contributed by atoms with Crippen molar-refractivity contribution in [1.29, 1.82) is 0 Å². The molecule has 4 rings (SSSR count). The van der Waals surface area contributed by atoms with Crippen LogP contribution in [0.5, 0.6) is 5.75 Å². The number of carbonyl (C=O) groups is 1. The van der Waals surface area contributed by atoms with Crippen LogP contribution in [0.4, 0.5) is 5.69 Å². The van der Waals surface area contributed by atoms with Crippen LogP contribution in [0.3, 0.4) is 0 Å². The van der Waals surface area contributed by atoms with Crippen molar-refractivity contribution in [2.24, 2.45) is 5.92 Å². The van der Waals surface area contributed by atoms with E-state index in [1.165, 1.54) is 5.56 Å². The van der Waals surface area contributed by atoms with Gasteiger partial charge in [-0.15, -0.1) is 0 Å². The van der Waals surface area contributed by atoms with Crippen LogP contribution in [0.25, 0.3) is 11.4 Å². The average molecular weight is 433 g/mol. The molecule has 1 saturated heterocycles. The Morgan fingerprint density at radius 1 is 1.25 bits per heavy atom. The molecule has 1 aromatic heterocycles. The molecule has 1 amide bonds. The van der Waals surface area contributed by atoms with Gasteiger partial charge in [0.05, 0.1) is 6.54 Å². The van der Waals surface area contributed by atoms with Crippen LogP contribution in [0.2, 0.25) is 0 Å². The SMILES string of the molecule is C=CCOc1cccc(NC(=O)C2CCN(Cc3nc(-c4ccc(C)cc4)no3)CC2)c1. The zero-order valence-electron chi connectivity index (χ0n) is 18.3. The third-order valence-electron chi connectivity index (χ3n) is 5.56. The lowest BCUT2D eigenvalue weighted by Gasteiger charge is -2.30. The fraction of sp³-hybridized carbons (Fsp3) is 0.320. The molecule has 166 valence electrons. The summed E-state index contributed by atoms with van der Waals surface area (Å²) in [4.78, 5) is 19.5. The maximum absolute atomic E-state index is 12.7. The lowest BCUT2D eigenvalue weighted by atomic mass is 9.96. The van der Waals surface area contributed by atoms with Gasteiger partial charge in [-0.25, -0.2) is 0 Å². The monoisotopic (exact) mass is 432 g/mol. The summed E-state index contributed by atoms with van der Waals surface area (Å²) in [6, 6.07) is 15.5. The summed E-state index contributed by atoms with van der Waals surface area (Å²) >= 11 is 0. The zero-order valence-corrected chi connectivity index (χ0v) is 18.3. The molecule has 32 heavy (non-hydrogen) atoms. The van der Waals surface area contributed by atoms with Crippen molar-refractivity contribution in [3.63, 3.8) is 0 Å². The predicted molar refractivity (Wildman–Crippen MR) is 123 cm³/mol. The minimum Gasteiger partial charge on any atom is -0.489 e. The first-order valence-corrected chi connectivity index (χ1v) is 10.9. The van der Waals surface area contributed by atoms with Gasteiger partial charge in [0.2, 0.25) is 17.6 Å². The fourth-order valence-corrected chi connectivity index (χ4v) is 3.75. The summed E-state index contributed by atoms with van der Waals surface area (Å²) in [5.41, 5.74) is 2.88. The number of hydrogen-bond acceptors (Lipinski definition) is 6. The summed E-state index contributed by atoms with van der Waals surface area (Å²) in [5.74, 6) is 1.94. The van der Waals surface area contributed by atoms with Crippen molar-refractivity contribution in [2.45, 2.75) is 26.3 Å². The van der Waals surface area contributed by atoms with E-state index in [-0.39, 0.29) is 11.8 Å². The normalized spacial score (nSPS) is 14.8. The minimum absolute atomic E-state index is 0.0187. The summed E-state index contributed by atoms with van der Waals surface area (Å²) in [6.45, 7) is 8.34. The van der Waals surface area contributed by atoms with E-state index in [1.807, 2.05) is 55.5 Å². The van der Waals surface area contributed by atoms with Gasteiger partial charge in [-0.05, 0) is 45.0 Å². The number of ether oxygens (including phenoxy) is 1. The predicted octanol–water partition coefficient (Wildman–Crippen LogP) is 4.46. The molecular weight excluding hydrogens is 404 g/mol. The minimum atomic E-state index is -0.0187. The van der Waals surface area contributed by atoms with E-state index in [0.29, 0.717) is 30.6 Å². The summed E-state index contributed by atoms with van der Waals surface area (Å²) < 4.78 is 11.0. The van der Waals surface area contributed by atoms with Crippen molar-refractivity contribution < 1.29 is 14.1 Å². The van der Waals surface area contributed by atoms with Crippen molar-refractivity contribution in [3.8, 4) is 17.1 Å². The molecule has 0 unspecified atom stereocenters. The Labute approximate surface area is 188 Å². The van der Waals surface area contributed by atoms with Gasteiger partial charge in [-0.2, -0.15) is 4.98 Å². The second-order valence-corrected chi connectivity index (χ2v) is 8.04. The first-order chi connectivity index (χ1) is 15.6. The van der Waals surface area contributed by atoms with Crippen molar-refractivity contribution in [2.75, 3.05) is 25.0 Å². The molecule has 0 spiro atoms. The molecule has 1 N–H and O–H groups in total. The number of rotatable bonds is 8. The highest BCUT2D eigenvalue weighted by molar-refractivity contribution is 5.92. The summed E-state index contributed by atoms with van der Waals surface area (Å²) in [5, 5.41) is 7.12. The third kappa shape index (κ3) is 5.62. The number of amides is 1. The van der Waals surface area contributed by atoms with Crippen LogP contribution in [0, 0.1) is 12.8 Å². The van der Waals surface area contributed by atoms with E-state index in [4.69, 9.17) is 9.26 Å². The number of anilines is 1. The largest absolute Gasteiger partial charge is 0.489 e. The Bertz CT molecular complexity index is 1050. The topological polar surface area (TPSA) is 80.5 Å². The van der Waals surface area contributed by atoms with Gasteiger partial charge in [0.25, 0.3) is 0 Å². The van der Waals surface area contributed by atoms with Gasteiger partial charge < -0.3 is 14.6 Å². The number of likely N-dealkylation sites (tertiary alicyclic amines) is 1. The van der Waals surface area contributed by atoms with E-state index in [2.05, 4.69) is 26.9 Å². The highest BCUT2D eigenvalue weighted by Gasteiger charge is 2.26. The number of hydrogen-bond donors (Lipinski definition) is 1. The molecule has 2 aromatic carbocycles. The second kappa shape index (κ2) is 10.2. The molecule has 1 aliphatic rings. The molecule has 0 radical (unpaired) electrons. The Kier molecular flexibility index (Phi) is 6.97. The van der Waals surface area contributed by atoms with Gasteiger partial charge in [-0.1, -0.05) is 53.7 Å². The number of nitrogens with one attached hydrogen (secondary N) is 1. The Balaban J connectivity index is 1.26. The number of benzene rings is 2. The van der Waals surface area contributed by atoms with E-state index in [1.54, 1.807) is 6.08 Å². The van der Waals surface area contributed by atoms with Crippen LogP contribution in [-0.4, -0.2) is 40.6 Å². The van der Waals surface area contributed by atoms with Gasteiger partial charge in [-0.3, -0.25) is 9.69 Å². The smallest absolute Gasteiger partial charge is 0.241 e. The van der Waals surface area contributed by atoms with Crippen LogP contribution in [-0.2, 0) is 11.3 Å². The number of carbonyl (C=O) groups excluding carboxylic acids is 1. The lowest BCUT2D eigenvalue weighted by molar-refractivity contribution is -0.121. The molecule has 1 fully saturated rings. The van der Waals surface area contributed by atoms with E-state index >= 15 is 0 Å². The van der Waals surface area contributed by atoms with Gasteiger partial charge in [0.15, 0.2) is 0 Å². The molecule has 7 nitrogen and oxygen atoms in total. The molecular formula is C25H28N4O3. The highest BCUT2D eigenvalue weighted by atomic mass is 16.5. The Hall–Kier alpha value is -3.45. The van der Waals surface area contributed by atoms with Crippen LogP contribution in [0.1, 0.15) is 24.3 Å². The molecule has 0 saturated carbocycles. The van der Waals surface area contributed by atoms with Gasteiger partial charge in [0.1, 0.15) is 12.4 Å². The summed E-state index contributed by atoms with van der Waals surface area (Å²) in [6.07, 6.45) is 3.27. The molecule has 0 atom stereocenters. The summed E-state index contributed by atoms with van der Waals surface area (Å²) in [7, 11) is 0. The average Bonchev–Trinajstić information content (AvgIpc) is 3.27. The van der Waals surface area contributed by atoms with Crippen LogP contribution in [0.15, 0.2) is 65.7 Å². The number of aromatic nitrogens is 2. The number of piperidine rings is 1. The van der Waals surface area contributed by atoms with E-state index < -0.39 is 0 Å². The maximum Gasteiger partial charge on any atom is 0.241 e. The molecule has 0 bridgehead atoms. The number of nitrogens with zero attached hydrogens (tertiary/aromatic N) is 3. The van der Waals surface area contributed by atoms with Crippen molar-refractivity contribution >= 4 is 11.6 Å². The van der Waals surface area contributed by atoms with Gasteiger partial charge >= 0.3 is 0 Å². The third-order valence-corrected chi connectivity index (χ3v) is 5.56. The maximum atomic E-state index is 12.7. The first kappa shape index (κ1) is 21.8. The highest BCUT2D eigenvalue weighted by Crippen LogP contribution is 2.23. The Morgan fingerprint density at radius 3 is 2.78 bits per heavy atom. The Morgan fingerprint density at radius 2 is 2.03 bits per heavy atom. The van der Waals surface area contributed by atoms with E-state index in [9.17, 15) is 4.79 Å². The molecule has 1 aliphatic heterocycles. The molecule has 3 aromatic rings. The molecule has 7 heteroatoms. The fourth-order valence-electron chi connectivity index (χ4n) is 3.75. The van der Waals surface area contributed by atoms with Crippen LogP contribution < -0.4 is 10.1 Å².